The lowest BCUT2D eigenvalue weighted by Gasteiger charge is -2.30. The maximum absolute atomic E-state index is 12.7. The number of carboxylic acids is 1. The highest BCUT2D eigenvalue weighted by molar-refractivity contribution is 6.31. The van der Waals surface area contributed by atoms with E-state index in [4.69, 9.17) is 16.3 Å². The van der Waals surface area contributed by atoms with E-state index in [9.17, 15) is 14.7 Å². The van der Waals surface area contributed by atoms with Gasteiger partial charge in [-0.05, 0) is 49.2 Å². The van der Waals surface area contributed by atoms with Crippen molar-refractivity contribution in [3.05, 3.63) is 64.2 Å². The van der Waals surface area contributed by atoms with E-state index in [0.29, 0.717) is 27.5 Å². The van der Waals surface area contributed by atoms with Gasteiger partial charge in [-0.2, -0.15) is 0 Å². The molecule has 1 unspecified atom stereocenters. The molecule has 0 spiro atoms. The van der Waals surface area contributed by atoms with E-state index in [-0.39, 0.29) is 12.3 Å². The van der Waals surface area contributed by atoms with Crippen molar-refractivity contribution in [1.82, 2.24) is 5.32 Å². The smallest absolute Gasteiger partial charge is 0.306 e. The van der Waals surface area contributed by atoms with Crippen molar-refractivity contribution in [2.45, 2.75) is 25.8 Å². The molecule has 2 aromatic rings. The Morgan fingerprint density at radius 1 is 1.24 bits per heavy atom. The van der Waals surface area contributed by atoms with Gasteiger partial charge in [0.15, 0.2) is 0 Å². The predicted octanol–water partition coefficient (Wildman–Crippen LogP) is 3.78. The second kappa shape index (κ2) is 7.57. The number of nitrogens with one attached hydrogen (secondary N) is 1. The van der Waals surface area contributed by atoms with E-state index in [0.717, 1.165) is 0 Å². The molecule has 1 amide bonds. The second-order valence-corrected chi connectivity index (χ2v) is 6.41. The lowest BCUT2D eigenvalue weighted by Crippen LogP contribution is -2.45. The highest BCUT2D eigenvalue weighted by Crippen LogP contribution is 2.29. The van der Waals surface area contributed by atoms with Crippen molar-refractivity contribution in [3.63, 3.8) is 0 Å². The van der Waals surface area contributed by atoms with Crippen LogP contribution >= 0.6 is 11.6 Å². The molecular weight excluding hydrogens is 342 g/mol. The van der Waals surface area contributed by atoms with Crippen LogP contribution in [0.4, 0.5) is 0 Å². The minimum Gasteiger partial charge on any atom is -0.497 e. The van der Waals surface area contributed by atoms with E-state index in [1.165, 1.54) is 7.11 Å². The largest absolute Gasteiger partial charge is 0.497 e. The average Bonchev–Trinajstić information content (AvgIpc) is 2.56. The number of rotatable bonds is 6. The Hall–Kier alpha value is -2.53. The number of hydrogen-bond acceptors (Lipinski definition) is 3. The standard InChI is InChI=1S/C19H20ClNO4/c1-12-15(8-5-9-16(12)20)18(24)21-19(2,11-17(22)23)13-6-4-7-14(10-13)25-3/h4-10H,11H2,1-3H3,(H,21,24)(H,22,23). The van der Waals surface area contributed by atoms with Crippen molar-refractivity contribution >= 4 is 23.5 Å². The Balaban J connectivity index is 2.41. The van der Waals surface area contributed by atoms with Gasteiger partial charge < -0.3 is 15.2 Å². The van der Waals surface area contributed by atoms with Gasteiger partial charge in [-0.1, -0.05) is 29.8 Å². The van der Waals surface area contributed by atoms with Crippen LogP contribution in [-0.2, 0) is 10.3 Å². The Bertz CT molecular complexity index is 806. The zero-order valence-corrected chi connectivity index (χ0v) is 15.1. The number of benzene rings is 2. The Labute approximate surface area is 151 Å². The van der Waals surface area contributed by atoms with Crippen molar-refractivity contribution in [2.24, 2.45) is 0 Å². The number of methoxy groups -OCH3 is 1. The average molecular weight is 362 g/mol. The third-order valence-corrected chi connectivity index (χ3v) is 4.52. The topological polar surface area (TPSA) is 75.6 Å². The molecular formula is C19H20ClNO4. The number of hydrogen-bond donors (Lipinski definition) is 2. The molecule has 0 fully saturated rings. The Morgan fingerprint density at radius 2 is 1.92 bits per heavy atom. The minimum absolute atomic E-state index is 0.272. The van der Waals surface area contributed by atoms with E-state index in [2.05, 4.69) is 5.32 Å². The lowest BCUT2D eigenvalue weighted by atomic mass is 9.87. The summed E-state index contributed by atoms with van der Waals surface area (Å²) in [6.07, 6.45) is -0.272. The van der Waals surface area contributed by atoms with Crippen LogP contribution in [0.5, 0.6) is 5.75 Å². The molecule has 0 heterocycles. The summed E-state index contributed by atoms with van der Waals surface area (Å²) in [6.45, 7) is 3.42. The van der Waals surface area contributed by atoms with Gasteiger partial charge in [0.25, 0.3) is 5.91 Å². The quantitative estimate of drug-likeness (QED) is 0.821. The first kappa shape index (κ1) is 18.8. The van der Waals surface area contributed by atoms with Crippen molar-refractivity contribution in [2.75, 3.05) is 7.11 Å². The molecule has 2 aromatic carbocycles. The molecule has 0 aliphatic heterocycles. The monoisotopic (exact) mass is 361 g/mol. The highest BCUT2D eigenvalue weighted by Gasteiger charge is 2.32. The van der Waals surface area contributed by atoms with Crippen LogP contribution < -0.4 is 10.1 Å². The molecule has 0 aliphatic rings. The molecule has 0 radical (unpaired) electrons. The first-order chi connectivity index (χ1) is 11.8. The number of carbonyl (C=O) groups is 2. The Kier molecular flexibility index (Phi) is 5.69. The van der Waals surface area contributed by atoms with Gasteiger partial charge in [0.05, 0.1) is 19.1 Å². The molecule has 25 heavy (non-hydrogen) atoms. The third kappa shape index (κ3) is 4.31. The molecule has 2 rings (SSSR count). The van der Waals surface area contributed by atoms with Crippen LogP contribution in [0.3, 0.4) is 0 Å². The molecule has 0 aromatic heterocycles. The first-order valence-electron chi connectivity index (χ1n) is 7.71. The van der Waals surface area contributed by atoms with Crippen LogP contribution in [-0.4, -0.2) is 24.1 Å². The summed E-state index contributed by atoms with van der Waals surface area (Å²) in [6, 6.07) is 12.0. The van der Waals surface area contributed by atoms with Crippen molar-refractivity contribution in [1.29, 1.82) is 0 Å². The SMILES string of the molecule is COc1cccc(C(C)(CC(=O)O)NC(=O)c2cccc(Cl)c2C)c1. The van der Waals surface area contributed by atoms with Gasteiger partial charge in [0.1, 0.15) is 5.75 Å². The van der Waals surface area contributed by atoms with Crippen LogP contribution in [0.25, 0.3) is 0 Å². The van der Waals surface area contributed by atoms with E-state index >= 15 is 0 Å². The summed E-state index contributed by atoms with van der Waals surface area (Å²) in [5.41, 5.74) is 0.589. The minimum atomic E-state index is -1.10. The van der Waals surface area contributed by atoms with Crippen LogP contribution in [0, 0.1) is 6.92 Å². The fourth-order valence-electron chi connectivity index (χ4n) is 2.66. The predicted molar refractivity (Wildman–Crippen MR) is 96.3 cm³/mol. The zero-order chi connectivity index (χ0) is 18.6. The lowest BCUT2D eigenvalue weighted by molar-refractivity contribution is -0.138. The van der Waals surface area contributed by atoms with Crippen molar-refractivity contribution < 1.29 is 19.4 Å². The summed E-state index contributed by atoms with van der Waals surface area (Å²) in [7, 11) is 1.53. The van der Waals surface area contributed by atoms with Crippen molar-refractivity contribution in [3.8, 4) is 5.75 Å². The molecule has 5 nitrogen and oxygen atoms in total. The molecule has 132 valence electrons. The number of carbonyl (C=O) groups excluding carboxylic acids is 1. The van der Waals surface area contributed by atoms with Gasteiger partial charge in [-0.15, -0.1) is 0 Å². The summed E-state index contributed by atoms with van der Waals surface area (Å²) in [5.74, 6) is -0.817. The number of carboxylic acid groups (broad SMARTS) is 1. The normalized spacial score (nSPS) is 13.0. The number of aliphatic carboxylic acids is 1. The highest BCUT2D eigenvalue weighted by atomic mass is 35.5. The van der Waals surface area contributed by atoms with Crippen LogP contribution in [0.15, 0.2) is 42.5 Å². The maximum atomic E-state index is 12.7. The van der Waals surface area contributed by atoms with Gasteiger partial charge in [-0.3, -0.25) is 9.59 Å². The van der Waals surface area contributed by atoms with E-state index < -0.39 is 11.5 Å². The van der Waals surface area contributed by atoms with Crippen LogP contribution in [0.2, 0.25) is 5.02 Å². The number of amides is 1. The summed E-state index contributed by atoms with van der Waals surface area (Å²) in [4.78, 5) is 24.1. The zero-order valence-electron chi connectivity index (χ0n) is 14.3. The summed E-state index contributed by atoms with van der Waals surface area (Å²) < 4.78 is 5.20. The van der Waals surface area contributed by atoms with Gasteiger partial charge in [0.2, 0.25) is 0 Å². The first-order valence-corrected chi connectivity index (χ1v) is 8.08. The van der Waals surface area contributed by atoms with Gasteiger partial charge in [0, 0.05) is 10.6 Å². The number of halogens is 1. The third-order valence-electron chi connectivity index (χ3n) is 4.11. The summed E-state index contributed by atoms with van der Waals surface area (Å²) in [5, 5.41) is 12.6. The molecule has 2 N–H and O–H groups in total. The second-order valence-electron chi connectivity index (χ2n) is 6.00. The molecule has 0 saturated heterocycles. The molecule has 6 heteroatoms. The molecule has 0 saturated carbocycles. The van der Waals surface area contributed by atoms with Crippen LogP contribution in [0.1, 0.15) is 34.8 Å². The fraction of sp³-hybridized carbons (Fsp3) is 0.263. The Morgan fingerprint density at radius 3 is 2.56 bits per heavy atom. The molecule has 1 atom stereocenters. The van der Waals surface area contributed by atoms with E-state index in [1.54, 1.807) is 56.3 Å². The molecule has 0 bridgehead atoms. The number of ether oxygens (including phenoxy) is 1. The molecule has 0 aliphatic carbocycles. The maximum Gasteiger partial charge on any atom is 0.306 e. The van der Waals surface area contributed by atoms with Gasteiger partial charge >= 0.3 is 5.97 Å². The summed E-state index contributed by atoms with van der Waals surface area (Å²) >= 11 is 6.08. The van der Waals surface area contributed by atoms with Gasteiger partial charge in [-0.25, -0.2) is 0 Å². The van der Waals surface area contributed by atoms with E-state index in [1.807, 2.05) is 0 Å². The fourth-order valence-corrected chi connectivity index (χ4v) is 2.83.